The molecule has 0 amide bonds. The Morgan fingerprint density at radius 3 is 2.35 bits per heavy atom. The van der Waals surface area contributed by atoms with Gasteiger partial charge in [0.25, 0.3) is 0 Å². The predicted molar refractivity (Wildman–Crippen MR) is 124 cm³/mol. The molecule has 1 radical (unpaired) electrons. The van der Waals surface area contributed by atoms with Crippen LogP contribution in [0.3, 0.4) is 0 Å². The Balaban J connectivity index is 0.00000185. The molecule has 6 aromatic rings. The summed E-state index contributed by atoms with van der Waals surface area (Å²) in [7, 11) is 2.13. The van der Waals surface area contributed by atoms with Crippen LogP contribution in [0.15, 0.2) is 84.9 Å². The van der Waals surface area contributed by atoms with E-state index >= 15 is 0 Å². The number of hydrogen-bond acceptors (Lipinski definition) is 1. The molecule has 0 unspecified atom stereocenters. The van der Waals surface area contributed by atoms with Crippen LogP contribution in [-0.4, -0.2) is 9.55 Å². The zero-order valence-electron chi connectivity index (χ0n) is 16.8. The number of rotatable bonds is 1. The summed E-state index contributed by atoms with van der Waals surface area (Å²) in [5.74, 6) is 0. The normalized spacial score (nSPS) is 11.8. The maximum Gasteiger partial charge on any atom is 0.0607 e. The number of aromatic nitrogens is 2. The van der Waals surface area contributed by atoms with Gasteiger partial charge < -0.3 is 4.57 Å². The van der Waals surface area contributed by atoms with Crippen molar-refractivity contribution < 1.29 is 20.1 Å². The first-order valence-corrected chi connectivity index (χ1v) is 10.2. The first kappa shape index (κ1) is 18.5. The Bertz CT molecular complexity index is 1660. The van der Waals surface area contributed by atoms with E-state index < -0.39 is 0 Å². The van der Waals surface area contributed by atoms with Gasteiger partial charge in [0.05, 0.1) is 5.52 Å². The van der Waals surface area contributed by atoms with E-state index in [1.807, 2.05) is 6.07 Å². The van der Waals surface area contributed by atoms with Gasteiger partial charge >= 0.3 is 0 Å². The first-order valence-electron chi connectivity index (χ1n) is 10.2. The second kappa shape index (κ2) is 6.62. The summed E-state index contributed by atoms with van der Waals surface area (Å²) in [6.07, 6.45) is 0. The van der Waals surface area contributed by atoms with Crippen molar-refractivity contribution in [1.29, 1.82) is 0 Å². The van der Waals surface area contributed by atoms with Gasteiger partial charge in [0.2, 0.25) is 0 Å². The van der Waals surface area contributed by atoms with Crippen LogP contribution in [0.4, 0.5) is 0 Å². The van der Waals surface area contributed by atoms with E-state index in [2.05, 4.69) is 96.5 Å². The van der Waals surface area contributed by atoms with Crippen molar-refractivity contribution in [2.24, 2.45) is 7.05 Å². The Kier molecular flexibility index (Phi) is 3.95. The first-order chi connectivity index (χ1) is 14.8. The summed E-state index contributed by atoms with van der Waals surface area (Å²) >= 11 is 0. The molecule has 1 aliphatic rings. The van der Waals surface area contributed by atoms with E-state index in [0.717, 1.165) is 16.8 Å². The van der Waals surface area contributed by atoms with E-state index in [4.69, 9.17) is 4.98 Å². The van der Waals surface area contributed by atoms with Crippen LogP contribution >= 0.6 is 0 Å². The van der Waals surface area contributed by atoms with Crippen molar-refractivity contribution in [3.63, 3.8) is 0 Å². The summed E-state index contributed by atoms with van der Waals surface area (Å²) < 4.78 is 2.27. The molecule has 2 heterocycles. The monoisotopic (exact) mass is 574 g/mol. The molecular weight excluding hydrogens is 557 g/mol. The van der Waals surface area contributed by atoms with Crippen LogP contribution < -0.4 is 0 Å². The zero-order chi connectivity index (χ0) is 19.8. The van der Waals surface area contributed by atoms with E-state index in [1.165, 1.54) is 49.4 Å². The van der Waals surface area contributed by atoms with Gasteiger partial charge in [0, 0.05) is 38.1 Å². The summed E-state index contributed by atoms with van der Waals surface area (Å²) in [4.78, 5) is 5.11. The van der Waals surface area contributed by atoms with Gasteiger partial charge in [-0.3, -0.25) is 4.98 Å². The molecule has 0 fully saturated rings. The number of aryl methyl sites for hydroxylation is 1. The number of para-hydroxylation sites is 1. The topological polar surface area (TPSA) is 17.8 Å². The van der Waals surface area contributed by atoms with Gasteiger partial charge in [-0.05, 0) is 51.0 Å². The Morgan fingerprint density at radius 1 is 0.742 bits per heavy atom. The SMILES string of the molecule is Cn1c2ccccc2c2cc[c-]c(-c3cc4c5c(cccc5n3)-c3ccccc3-4)c21.[Ir]. The fraction of sp³-hybridized carbons (Fsp3) is 0.0357. The van der Waals surface area contributed by atoms with Crippen LogP contribution in [0.5, 0.6) is 0 Å². The van der Waals surface area contributed by atoms with Crippen molar-refractivity contribution in [1.82, 2.24) is 9.55 Å². The van der Waals surface area contributed by atoms with Crippen molar-refractivity contribution in [3.8, 4) is 33.5 Å². The molecule has 0 saturated carbocycles. The third-order valence-electron chi connectivity index (χ3n) is 6.46. The number of benzene rings is 4. The van der Waals surface area contributed by atoms with E-state index in [-0.39, 0.29) is 20.1 Å². The number of fused-ring (bicyclic) bond motifs is 6. The molecule has 0 saturated heterocycles. The quantitative estimate of drug-likeness (QED) is 0.194. The van der Waals surface area contributed by atoms with Crippen LogP contribution in [-0.2, 0) is 27.2 Å². The van der Waals surface area contributed by atoms with Gasteiger partial charge in [0.1, 0.15) is 0 Å². The number of pyridine rings is 1. The van der Waals surface area contributed by atoms with Crippen molar-refractivity contribution in [3.05, 3.63) is 91.0 Å². The zero-order valence-corrected chi connectivity index (χ0v) is 19.2. The summed E-state index contributed by atoms with van der Waals surface area (Å²) in [6.45, 7) is 0. The molecule has 0 spiro atoms. The molecule has 31 heavy (non-hydrogen) atoms. The molecule has 2 nitrogen and oxygen atoms in total. The minimum absolute atomic E-state index is 0. The van der Waals surface area contributed by atoms with Gasteiger partial charge in [-0.15, -0.1) is 23.8 Å². The third kappa shape index (κ3) is 2.39. The summed E-state index contributed by atoms with van der Waals surface area (Å²) in [6, 6.07) is 33.6. The minimum Gasteiger partial charge on any atom is -0.383 e. The molecular formula is C28H17IrN2-. The number of nitrogens with zero attached hydrogens (tertiary/aromatic N) is 2. The molecule has 0 N–H and O–H groups in total. The van der Waals surface area contributed by atoms with Gasteiger partial charge in [-0.1, -0.05) is 66.0 Å². The van der Waals surface area contributed by atoms with Crippen LogP contribution in [0, 0.1) is 6.07 Å². The molecule has 0 bridgehead atoms. The molecule has 3 heteroatoms. The Labute approximate surface area is 193 Å². The number of hydrogen-bond donors (Lipinski definition) is 0. The minimum atomic E-state index is 0. The smallest absolute Gasteiger partial charge is 0.0607 e. The third-order valence-corrected chi connectivity index (χ3v) is 6.46. The molecule has 2 aromatic heterocycles. The van der Waals surface area contributed by atoms with Crippen molar-refractivity contribution >= 4 is 32.7 Å². The second-order valence-electron chi connectivity index (χ2n) is 7.99. The molecule has 7 rings (SSSR count). The van der Waals surface area contributed by atoms with Gasteiger partial charge in [-0.25, -0.2) is 0 Å². The van der Waals surface area contributed by atoms with Crippen molar-refractivity contribution in [2.75, 3.05) is 0 Å². The van der Waals surface area contributed by atoms with E-state index in [0.29, 0.717) is 0 Å². The van der Waals surface area contributed by atoms with E-state index in [9.17, 15) is 0 Å². The van der Waals surface area contributed by atoms with Crippen molar-refractivity contribution in [2.45, 2.75) is 0 Å². The Morgan fingerprint density at radius 2 is 1.48 bits per heavy atom. The van der Waals surface area contributed by atoms with Crippen LogP contribution in [0.1, 0.15) is 0 Å². The second-order valence-corrected chi connectivity index (χ2v) is 7.99. The maximum atomic E-state index is 5.11. The molecule has 0 aliphatic heterocycles. The van der Waals surface area contributed by atoms with E-state index in [1.54, 1.807) is 0 Å². The molecule has 0 atom stereocenters. The molecule has 4 aromatic carbocycles. The molecule has 1 aliphatic carbocycles. The maximum absolute atomic E-state index is 5.11. The fourth-order valence-corrected chi connectivity index (χ4v) is 5.17. The average Bonchev–Trinajstić information content (AvgIpc) is 3.29. The van der Waals surface area contributed by atoms with Crippen LogP contribution in [0.25, 0.3) is 66.2 Å². The molecule has 149 valence electrons. The fourth-order valence-electron chi connectivity index (χ4n) is 5.17. The Hall–Kier alpha value is -3.26. The predicted octanol–water partition coefficient (Wildman–Crippen LogP) is 6.99. The van der Waals surface area contributed by atoms with Gasteiger partial charge in [-0.2, -0.15) is 0 Å². The average molecular weight is 574 g/mol. The summed E-state index contributed by atoms with van der Waals surface area (Å²) in [5.41, 5.74) is 10.6. The largest absolute Gasteiger partial charge is 0.383 e. The summed E-state index contributed by atoms with van der Waals surface area (Å²) in [5, 5.41) is 3.77. The van der Waals surface area contributed by atoms with Crippen LogP contribution in [0.2, 0.25) is 0 Å². The van der Waals surface area contributed by atoms with Gasteiger partial charge in [0.15, 0.2) is 0 Å². The standard InChI is InChI=1S/C28H17N2.Ir/c1-30-26-15-5-4-10-19(26)21-12-6-13-22(28(21)30)25-16-23-18-9-3-2-8-17(18)20-11-7-14-24(29-25)27(20)23;/h2-12,14-16H,1H3;/q-1;.